The number of carbonyl (C=O) groups is 2. The minimum atomic E-state index is -0.570. The number of aromatic amines is 2. The molecule has 2 aliphatic heterocycles. The Kier molecular flexibility index (Phi) is 7.70. The Morgan fingerprint density at radius 2 is 1.93 bits per heavy atom. The van der Waals surface area contributed by atoms with Gasteiger partial charge in [-0.1, -0.05) is 19.3 Å². The number of imidazole rings is 1. The Balaban J connectivity index is 1.40. The summed E-state index contributed by atoms with van der Waals surface area (Å²) < 4.78 is 14.0. The third kappa shape index (κ3) is 5.08. The van der Waals surface area contributed by atoms with E-state index in [0.29, 0.717) is 13.1 Å². The molecule has 1 aromatic carbocycles. The number of nitrogens with one attached hydrogen (secondary N) is 4. The summed E-state index contributed by atoms with van der Waals surface area (Å²) in [4.78, 5) is 43.0. The lowest BCUT2D eigenvalue weighted by Crippen LogP contribution is -2.55. The van der Waals surface area contributed by atoms with Gasteiger partial charge in [0.25, 0.3) is 0 Å². The van der Waals surface area contributed by atoms with Crippen molar-refractivity contribution >= 4 is 28.3 Å². The van der Waals surface area contributed by atoms with E-state index in [1.54, 1.807) is 13.2 Å². The highest BCUT2D eigenvalue weighted by atomic mass is 19.1. The highest BCUT2D eigenvalue weighted by molar-refractivity contribution is 5.97. The lowest BCUT2D eigenvalue weighted by Gasteiger charge is -2.34. The van der Waals surface area contributed by atoms with Gasteiger partial charge in [0, 0.05) is 53.8 Å². The monoisotopic (exact) mass is 561 g/mol. The third-order valence-electron chi connectivity index (χ3n) is 9.44. The Hall–Kier alpha value is -3.50. The van der Waals surface area contributed by atoms with Crippen LogP contribution in [0.1, 0.15) is 69.8 Å². The quantitative estimate of drug-likeness (QED) is 0.331. The van der Waals surface area contributed by atoms with Crippen molar-refractivity contribution < 1.29 is 14.0 Å². The Morgan fingerprint density at radius 3 is 2.66 bits per heavy atom. The van der Waals surface area contributed by atoms with Gasteiger partial charge in [0.15, 0.2) is 0 Å². The lowest BCUT2D eigenvalue weighted by atomic mass is 9.83. The van der Waals surface area contributed by atoms with Crippen molar-refractivity contribution in [2.24, 2.45) is 5.92 Å². The van der Waals surface area contributed by atoms with Crippen molar-refractivity contribution in [3.05, 3.63) is 59.7 Å². The van der Waals surface area contributed by atoms with Gasteiger partial charge in [0.05, 0.1) is 18.1 Å². The molecule has 4 heterocycles. The Morgan fingerprint density at radius 1 is 1.12 bits per heavy atom. The molecule has 0 spiro atoms. The van der Waals surface area contributed by atoms with Crippen molar-refractivity contribution in [2.75, 3.05) is 20.1 Å². The Bertz CT molecular complexity index is 1440. The van der Waals surface area contributed by atoms with Crippen molar-refractivity contribution in [3.63, 3.8) is 0 Å². The molecule has 6 rings (SSSR count). The van der Waals surface area contributed by atoms with Gasteiger partial charge in [-0.2, -0.15) is 0 Å². The molecule has 0 bridgehead atoms. The summed E-state index contributed by atoms with van der Waals surface area (Å²) in [7, 11) is 1.75. The average molecular weight is 562 g/mol. The standard InChI is InChI=1S/C31H40FN7O2/c1-18(33-3)30(40)37-27(20-7-5-4-6-8-20)31(41)38-14-11-26-28(38)24(17-39(26)19(2)29-34-12-13-35-29)23-16-36-25-15-21(32)9-10-22(23)25/h9-10,12-13,15-16,18-20,26-27,33,36H,4-8,11,14,17H2,1-3H3,(H,34,35)(H,37,40). The molecule has 4 unspecified atom stereocenters. The van der Waals surface area contributed by atoms with Gasteiger partial charge in [-0.05, 0) is 69.8 Å². The number of aromatic nitrogens is 3. The first kappa shape index (κ1) is 27.7. The second-order valence-electron chi connectivity index (χ2n) is 11.8. The van der Waals surface area contributed by atoms with Crippen LogP contribution in [0.15, 0.2) is 42.5 Å². The smallest absolute Gasteiger partial charge is 0.249 e. The van der Waals surface area contributed by atoms with Crippen LogP contribution in [0.3, 0.4) is 0 Å². The molecular formula is C31H40FN7O2. The molecule has 10 heteroatoms. The highest BCUT2D eigenvalue weighted by Gasteiger charge is 2.47. The maximum atomic E-state index is 14.5. The fourth-order valence-electron chi connectivity index (χ4n) is 7.05. The zero-order valence-corrected chi connectivity index (χ0v) is 24.0. The summed E-state index contributed by atoms with van der Waals surface area (Å²) in [6.45, 7) is 5.17. The molecule has 2 fully saturated rings. The van der Waals surface area contributed by atoms with Crippen molar-refractivity contribution in [1.29, 1.82) is 0 Å². The summed E-state index contributed by atoms with van der Waals surface area (Å²) in [6.07, 6.45) is 11.5. The number of halogens is 1. The number of hydrogen-bond donors (Lipinski definition) is 4. The van der Waals surface area contributed by atoms with Crippen molar-refractivity contribution in [3.8, 4) is 0 Å². The average Bonchev–Trinajstić information content (AvgIpc) is 3.79. The summed E-state index contributed by atoms with van der Waals surface area (Å²) in [5.41, 5.74) is 3.77. The van der Waals surface area contributed by atoms with Crippen LogP contribution in [0.25, 0.3) is 16.5 Å². The highest BCUT2D eigenvalue weighted by Crippen LogP contribution is 2.45. The van der Waals surface area contributed by atoms with Gasteiger partial charge in [0.2, 0.25) is 11.8 Å². The zero-order valence-electron chi connectivity index (χ0n) is 24.0. The molecular weight excluding hydrogens is 521 g/mol. The number of hydrogen-bond acceptors (Lipinski definition) is 5. The molecule has 9 nitrogen and oxygen atoms in total. The maximum absolute atomic E-state index is 14.5. The van der Waals surface area contributed by atoms with Crippen LogP contribution >= 0.6 is 0 Å². The van der Waals surface area contributed by atoms with E-state index in [9.17, 15) is 14.0 Å². The second kappa shape index (κ2) is 11.4. The number of fused-ring (bicyclic) bond motifs is 2. The number of carbonyl (C=O) groups excluding carboxylic acids is 2. The topological polar surface area (TPSA) is 109 Å². The normalized spacial score (nSPS) is 22.2. The van der Waals surface area contributed by atoms with E-state index in [1.165, 1.54) is 18.6 Å². The van der Waals surface area contributed by atoms with Crippen LogP contribution in [0.5, 0.6) is 0 Å². The number of likely N-dealkylation sites (tertiary alicyclic amines) is 1. The van der Waals surface area contributed by atoms with Gasteiger partial charge in [-0.3, -0.25) is 14.5 Å². The van der Waals surface area contributed by atoms with Crippen LogP contribution in [0.2, 0.25) is 0 Å². The number of amides is 2. The van der Waals surface area contributed by atoms with Gasteiger partial charge < -0.3 is 25.5 Å². The predicted molar refractivity (Wildman–Crippen MR) is 156 cm³/mol. The predicted octanol–water partition coefficient (Wildman–Crippen LogP) is 4.09. The number of benzene rings is 1. The van der Waals surface area contributed by atoms with Gasteiger partial charge >= 0.3 is 0 Å². The fraction of sp³-hybridized carbons (Fsp3) is 0.516. The minimum Gasteiger partial charge on any atom is -0.360 e. The molecule has 2 aromatic heterocycles. The molecule has 2 amide bonds. The van der Waals surface area contributed by atoms with Crippen molar-refractivity contribution in [2.45, 2.75) is 76.5 Å². The SMILES string of the molecule is CNC(C)C(=O)NC(C(=O)N1CCC2C1=C(c1c[nH]c3cc(F)ccc13)CN2C(C)c1ncc[nH]1)C1CCCCC1. The van der Waals surface area contributed by atoms with E-state index in [0.717, 1.165) is 65.7 Å². The number of nitrogens with zero attached hydrogens (tertiary/aromatic N) is 3. The lowest BCUT2D eigenvalue weighted by molar-refractivity contribution is -0.136. The third-order valence-corrected chi connectivity index (χ3v) is 9.44. The molecule has 1 aliphatic carbocycles. The number of likely N-dealkylation sites (N-methyl/N-ethyl adjacent to an activating group) is 1. The van der Waals surface area contributed by atoms with Gasteiger partial charge in [0.1, 0.15) is 17.7 Å². The van der Waals surface area contributed by atoms with E-state index in [1.807, 2.05) is 30.3 Å². The molecule has 0 radical (unpaired) electrons. The van der Waals surface area contributed by atoms with Gasteiger partial charge in [-0.15, -0.1) is 0 Å². The summed E-state index contributed by atoms with van der Waals surface area (Å²) >= 11 is 0. The first-order valence-electron chi connectivity index (χ1n) is 14.9. The molecule has 4 atom stereocenters. The van der Waals surface area contributed by atoms with E-state index >= 15 is 0 Å². The molecule has 3 aliphatic rings. The molecule has 218 valence electrons. The van der Waals surface area contributed by atoms with Crippen LogP contribution in [0.4, 0.5) is 4.39 Å². The molecule has 3 aromatic rings. The summed E-state index contributed by atoms with van der Waals surface area (Å²) in [5, 5.41) is 7.08. The van der Waals surface area contributed by atoms with Gasteiger partial charge in [-0.25, -0.2) is 9.37 Å². The maximum Gasteiger partial charge on any atom is 0.249 e. The van der Waals surface area contributed by atoms with Crippen LogP contribution < -0.4 is 10.6 Å². The zero-order chi connectivity index (χ0) is 28.7. The summed E-state index contributed by atoms with van der Waals surface area (Å²) in [5.74, 6) is 0.523. The number of rotatable bonds is 8. The summed E-state index contributed by atoms with van der Waals surface area (Å²) in [6, 6.07) is 3.87. The molecule has 4 N–H and O–H groups in total. The Labute approximate surface area is 240 Å². The fourth-order valence-corrected chi connectivity index (χ4v) is 7.05. The van der Waals surface area contributed by atoms with Crippen LogP contribution in [-0.2, 0) is 9.59 Å². The van der Waals surface area contributed by atoms with Crippen molar-refractivity contribution in [1.82, 2.24) is 35.4 Å². The molecule has 1 saturated heterocycles. The van der Waals surface area contributed by atoms with E-state index in [4.69, 9.17) is 0 Å². The van der Waals surface area contributed by atoms with Crippen LogP contribution in [-0.4, -0.2) is 74.8 Å². The minimum absolute atomic E-state index is 0.00512. The van der Waals surface area contributed by atoms with E-state index in [-0.39, 0.29) is 35.6 Å². The molecule has 41 heavy (non-hydrogen) atoms. The first-order valence-corrected chi connectivity index (χ1v) is 14.9. The second-order valence-corrected chi connectivity index (χ2v) is 11.8. The van der Waals surface area contributed by atoms with Crippen LogP contribution in [0, 0.1) is 11.7 Å². The largest absolute Gasteiger partial charge is 0.360 e. The first-order chi connectivity index (χ1) is 19.9. The van der Waals surface area contributed by atoms with E-state index in [2.05, 4.69) is 37.4 Å². The molecule has 1 saturated carbocycles. The van der Waals surface area contributed by atoms with E-state index < -0.39 is 12.1 Å². The number of H-pyrrole nitrogens is 2.